The predicted molar refractivity (Wildman–Crippen MR) is 76.6 cm³/mol. The Bertz CT molecular complexity index is 324. The number of hydrogen-bond acceptors (Lipinski definition) is 0. The largest absolute Gasteiger partial charge is 0.0619 e. The smallest absolute Gasteiger partial charge is 0.00857 e. The topological polar surface area (TPSA) is 0 Å². The van der Waals surface area contributed by atoms with E-state index in [2.05, 4.69) is 61.5 Å². The van der Waals surface area contributed by atoms with Crippen LogP contribution >= 0.6 is 0 Å². The highest BCUT2D eigenvalue weighted by molar-refractivity contribution is 5.45. The van der Waals surface area contributed by atoms with Crippen molar-refractivity contribution in [2.24, 2.45) is 29.6 Å². The minimum atomic E-state index is 0.546. The van der Waals surface area contributed by atoms with Gasteiger partial charge in [0.15, 0.2) is 0 Å². The average Bonchev–Trinajstić information content (AvgIpc) is 2.56. The summed E-state index contributed by atoms with van der Waals surface area (Å²) in [6.07, 6.45) is 3.80. The van der Waals surface area contributed by atoms with E-state index in [9.17, 15) is 0 Å². The summed E-state index contributed by atoms with van der Waals surface area (Å²) in [6.45, 7) is 18.5. The van der Waals surface area contributed by atoms with Crippen molar-refractivity contribution in [2.45, 2.75) is 55.4 Å². The monoisotopic (exact) mass is 233 g/mol. The van der Waals surface area contributed by atoms with Gasteiger partial charge in [0.25, 0.3) is 0 Å². The summed E-state index contributed by atoms with van der Waals surface area (Å²) >= 11 is 0. The summed E-state index contributed by atoms with van der Waals surface area (Å²) in [5.74, 6) is 3.08. The van der Waals surface area contributed by atoms with Crippen LogP contribution in [-0.2, 0) is 0 Å². The zero-order valence-corrected chi connectivity index (χ0v) is 12.9. The first-order valence-electron chi connectivity index (χ1n) is 7.15. The molecule has 1 atom stereocenters. The van der Waals surface area contributed by atoms with Crippen LogP contribution in [0, 0.1) is 35.7 Å². The summed E-state index contributed by atoms with van der Waals surface area (Å²) in [5, 5.41) is 0. The van der Waals surface area contributed by atoms with Gasteiger partial charge >= 0.3 is 0 Å². The summed E-state index contributed by atoms with van der Waals surface area (Å²) < 4.78 is 0. The van der Waals surface area contributed by atoms with Crippen molar-refractivity contribution < 1.29 is 0 Å². The average molecular weight is 233 g/mol. The third-order valence-electron chi connectivity index (χ3n) is 3.69. The highest BCUT2D eigenvalue weighted by atomic mass is 14.4. The van der Waals surface area contributed by atoms with Gasteiger partial charge in [0.05, 0.1) is 0 Å². The Hall–Kier alpha value is -0.520. The molecule has 0 aromatic heterocycles. The lowest BCUT2D eigenvalue weighted by Gasteiger charge is -2.24. The molecular weight excluding hydrogens is 204 g/mol. The molecule has 0 aromatic rings. The lowest BCUT2D eigenvalue weighted by Crippen LogP contribution is -2.13. The fourth-order valence-corrected chi connectivity index (χ4v) is 2.96. The first-order valence-corrected chi connectivity index (χ1v) is 7.15. The van der Waals surface area contributed by atoms with Gasteiger partial charge < -0.3 is 0 Å². The Labute approximate surface area is 108 Å². The van der Waals surface area contributed by atoms with Gasteiger partial charge in [0.2, 0.25) is 0 Å². The molecule has 1 aliphatic carbocycles. The van der Waals surface area contributed by atoms with E-state index >= 15 is 0 Å². The van der Waals surface area contributed by atoms with Gasteiger partial charge in [-0.2, -0.15) is 0 Å². The molecule has 1 rings (SSSR count). The van der Waals surface area contributed by atoms with Gasteiger partial charge in [-0.3, -0.25) is 0 Å². The summed E-state index contributed by atoms with van der Waals surface area (Å²) in [4.78, 5) is 0. The Morgan fingerprint density at radius 2 is 1.29 bits per heavy atom. The molecule has 0 aromatic carbocycles. The number of allylic oxidation sites excluding steroid dienone is 4. The van der Waals surface area contributed by atoms with Crippen molar-refractivity contribution in [1.29, 1.82) is 0 Å². The lowest BCUT2D eigenvalue weighted by molar-refractivity contribution is 0.475. The molecule has 0 fully saturated rings. The molecule has 0 heterocycles. The SMILES string of the molecule is CC(C)C1=[C]C(C(C)C)C(C(C)C)=C1C(C)C. The van der Waals surface area contributed by atoms with Crippen LogP contribution in [0.15, 0.2) is 16.7 Å². The highest BCUT2D eigenvalue weighted by Crippen LogP contribution is 2.44. The van der Waals surface area contributed by atoms with Gasteiger partial charge in [-0.1, -0.05) is 61.0 Å². The first-order chi connectivity index (χ1) is 7.77. The molecule has 0 saturated heterocycles. The zero-order chi connectivity index (χ0) is 13.3. The predicted octanol–water partition coefficient (Wildman–Crippen LogP) is 5.27. The molecule has 0 saturated carbocycles. The lowest BCUT2D eigenvalue weighted by atomic mass is 9.81. The van der Waals surface area contributed by atoms with Crippen LogP contribution in [-0.4, -0.2) is 0 Å². The normalized spacial score (nSPS) is 21.4. The van der Waals surface area contributed by atoms with Crippen molar-refractivity contribution >= 4 is 0 Å². The van der Waals surface area contributed by atoms with Crippen LogP contribution in [0.3, 0.4) is 0 Å². The molecule has 0 bridgehead atoms. The maximum atomic E-state index is 3.80. The quantitative estimate of drug-likeness (QED) is 0.621. The van der Waals surface area contributed by atoms with Crippen molar-refractivity contribution in [2.75, 3.05) is 0 Å². The number of hydrogen-bond donors (Lipinski definition) is 0. The second-order valence-electron chi connectivity index (χ2n) is 6.61. The molecule has 0 aliphatic heterocycles. The van der Waals surface area contributed by atoms with Crippen LogP contribution in [0.5, 0.6) is 0 Å². The van der Waals surface area contributed by atoms with Gasteiger partial charge in [0.1, 0.15) is 0 Å². The van der Waals surface area contributed by atoms with E-state index in [-0.39, 0.29) is 0 Å². The Morgan fingerprint density at radius 3 is 1.59 bits per heavy atom. The van der Waals surface area contributed by atoms with Gasteiger partial charge in [-0.15, -0.1) is 0 Å². The Morgan fingerprint density at radius 1 is 0.765 bits per heavy atom. The van der Waals surface area contributed by atoms with Crippen molar-refractivity contribution in [3.05, 3.63) is 22.8 Å². The van der Waals surface area contributed by atoms with E-state index in [0.717, 1.165) is 0 Å². The van der Waals surface area contributed by atoms with Crippen molar-refractivity contribution in [3.63, 3.8) is 0 Å². The molecule has 97 valence electrons. The van der Waals surface area contributed by atoms with E-state index in [4.69, 9.17) is 0 Å². The standard InChI is InChI=1S/C17H29/c1-10(2)14-9-15(11(3)4)17(13(7)8)16(14)12(5)6/h10-14H,1-8H3. The maximum Gasteiger partial charge on any atom is 0.00857 e. The molecule has 0 nitrogen and oxygen atoms in total. The molecule has 0 N–H and O–H groups in total. The molecule has 1 radical (unpaired) electrons. The first kappa shape index (κ1) is 14.5. The summed E-state index contributed by atoms with van der Waals surface area (Å²) in [5.41, 5.74) is 4.75. The van der Waals surface area contributed by atoms with Gasteiger partial charge in [0, 0.05) is 5.92 Å². The third kappa shape index (κ3) is 2.84. The Balaban J connectivity index is 3.30. The molecular formula is C17H29. The Kier molecular flexibility index (Phi) is 4.63. The van der Waals surface area contributed by atoms with E-state index in [0.29, 0.717) is 29.6 Å². The van der Waals surface area contributed by atoms with Crippen molar-refractivity contribution in [3.8, 4) is 0 Å². The maximum absolute atomic E-state index is 3.80. The summed E-state index contributed by atoms with van der Waals surface area (Å²) in [6, 6.07) is 0. The second-order valence-corrected chi connectivity index (χ2v) is 6.61. The third-order valence-corrected chi connectivity index (χ3v) is 3.69. The van der Waals surface area contributed by atoms with Crippen molar-refractivity contribution in [1.82, 2.24) is 0 Å². The molecule has 0 amide bonds. The van der Waals surface area contributed by atoms with Crippen LogP contribution in [0.1, 0.15) is 55.4 Å². The molecule has 1 unspecified atom stereocenters. The highest BCUT2D eigenvalue weighted by Gasteiger charge is 2.32. The fraction of sp³-hybridized carbons (Fsp3) is 0.765. The van der Waals surface area contributed by atoms with Crippen LogP contribution in [0.2, 0.25) is 0 Å². The molecule has 0 spiro atoms. The second kappa shape index (κ2) is 5.42. The molecule has 1 aliphatic rings. The minimum absolute atomic E-state index is 0.546. The number of rotatable bonds is 4. The van der Waals surface area contributed by atoms with Crippen LogP contribution < -0.4 is 0 Å². The zero-order valence-electron chi connectivity index (χ0n) is 12.9. The van der Waals surface area contributed by atoms with Gasteiger partial charge in [-0.25, -0.2) is 0 Å². The minimum Gasteiger partial charge on any atom is -0.0619 e. The molecule has 17 heavy (non-hydrogen) atoms. The van der Waals surface area contributed by atoms with E-state index in [1.165, 1.54) is 5.57 Å². The van der Waals surface area contributed by atoms with E-state index in [1.807, 2.05) is 0 Å². The molecule has 0 heteroatoms. The van der Waals surface area contributed by atoms with E-state index < -0.39 is 0 Å². The van der Waals surface area contributed by atoms with Crippen LogP contribution in [0.4, 0.5) is 0 Å². The van der Waals surface area contributed by atoms with Gasteiger partial charge in [-0.05, 0) is 40.9 Å². The fourth-order valence-electron chi connectivity index (χ4n) is 2.96. The van der Waals surface area contributed by atoms with E-state index in [1.54, 1.807) is 11.1 Å². The summed E-state index contributed by atoms with van der Waals surface area (Å²) in [7, 11) is 0. The van der Waals surface area contributed by atoms with Crippen LogP contribution in [0.25, 0.3) is 0 Å².